The summed E-state index contributed by atoms with van der Waals surface area (Å²) in [5, 5.41) is 2.71. The molecule has 2 aromatic rings. The maximum atomic E-state index is 13.6. The summed E-state index contributed by atoms with van der Waals surface area (Å²) in [6.07, 6.45) is 0.684. The number of hydrogen-bond acceptors (Lipinski definition) is 1. The van der Waals surface area contributed by atoms with Gasteiger partial charge in [0, 0.05) is 36.0 Å². The van der Waals surface area contributed by atoms with Crippen LogP contribution in [0.3, 0.4) is 0 Å². The standard InChI is InChI=1S/C13H10F2N2O/c14-7-1-2-8(10(15)5-7)12-6-9-11(17-12)3-4-16-13(9)18/h1-2,5-6,17H,3-4H2,(H,16,18). The van der Waals surface area contributed by atoms with Crippen LogP contribution in [0, 0.1) is 11.6 Å². The van der Waals surface area contributed by atoms with Gasteiger partial charge in [-0.15, -0.1) is 0 Å². The van der Waals surface area contributed by atoms with E-state index in [0.717, 1.165) is 11.8 Å². The highest BCUT2D eigenvalue weighted by Crippen LogP contribution is 2.26. The number of carbonyl (C=O) groups excluding carboxylic acids is 1. The van der Waals surface area contributed by atoms with Crippen LogP contribution >= 0.6 is 0 Å². The molecule has 2 N–H and O–H groups in total. The topological polar surface area (TPSA) is 44.9 Å². The van der Waals surface area contributed by atoms with Gasteiger partial charge in [0.2, 0.25) is 0 Å². The van der Waals surface area contributed by atoms with Crippen molar-refractivity contribution in [2.75, 3.05) is 6.54 Å². The number of H-pyrrole nitrogens is 1. The van der Waals surface area contributed by atoms with Gasteiger partial charge in [-0.2, -0.15) is 0 Å². The normalized spacial score (nSPS) is 14.2. The molecule has 18 heavy (non-hydrogen) atoms. The van der Waals surface area contributed by atoms with Crippen LogP contribution in [0.2, 0.25) is 0 Å². The molecule has 1 aliphatic heterocycles. The molecule has 3 nitrogen and oxygen atoms in total. The number of carbonyl (C=O) groups is 1. The second-order valence-electron chi connectivity index (χ2n) is 4.21. The number of aromatic amines is 1. The fourth-order valence-electron chi connectivity index (χ4n) is 2.15. The number of fused-ring (bicyclic) bond motifs is 1. The van der Waals surface area contributed by atoms with Crippen LogP contribution in [0.15, 0.2) is 24.3 Å². The lowest BCUT2D eigenvalue weighted by molar-refractivity contribution is 0.0946. The van der Waals surface area contributed by atoms with E-state index in [1.807, 2.05) is 0 Å². The quantitative estimate of drug-likeness (QED) is 0.798. The van der Waals surface area contributed by atoms with Crippen LogP contribution in [0.4, 0.5) is 8.78 Å². The van der Waals surface area contributed by atoms with E-state index in [1.165, 1.54) is 12.1 Å². The minimum absolute atomic E-state index is 0.165. The van der Waals surface area contributed by atoms with Gasteiger partial charge in [0.1, 0.15) is 11.6 Å². The van der Waals surface area contributed by atoms with Gasteiger partial charge >= 0.3 is 0 Å². The number of hydrogen-bond donors (Lipinski definition) is 2. The molecule has 1 aromatic heterocycles. The Labute approximate surface area is 102 Å². The van der Waals surface area contributed by atoms with Crippen molar-refractivity contribution in [1.82, 2.24) is 10.3 Å². The smallest absolute Gasteiger partial charge is 0.253 e. The van der Waals surface area contributed by atoms with E-state index in [9.17, 15) is 13.6 Å². The number of aromatic nitrogens is 1. The third-order valence-electron chi connectivity index (χ3n) is 3.03. The first-order valence-corrected chi connectivity index (χ1v) is 5.60. The van der Waals surface area contributed by atoms with Crippen molar-refractivity contribution in [2.45, 2.75) is 6.42 Å². The summed E-state index contributed by atoms with van der Waals surface area (Å²) in [5.41, 5.74) is 2.07. The molecular formula is C13H10F2N2O. The number of benzene rings is 1. The molecule has 0 spiro atoms. The molecule has 92 valence electrons. The third kappa shape index (κ3) is 1.68. The van der Waals surface area contributed by atoms with Crippen LogP contribution in [0.5, 0.6) is 0 Å². The number of halogens is 2. The molecular weight excluding hydrogens is 238 g/mol. The molecule has 0 unspecified atom stereocenters. The average Bonchev–Trinajstić information content (AvgIpc) is 2.74. The zero-order valence-corrected chi connectivity index (χ0v) is 9.39. The Balaban J connectivity index is 2.10. The third-order valence-corrected chi connectivity index (χ3v) is 3.03. The maximum absolute atomic E-state index is 13.6. The van der Waals surface area contributed by atoms with Crippen LogP contribution in [0.25, 0.3) is 11.3 Å². The van der Waals surface area contributed by atoms with E-state index in [4.69, 9.17) is 0 Å². The second kappa shape index (κ2) is 3.94. The lowest BCUT2D eigenvalue weighted by Crippen LogP contribution is -2.31. The van der Waals surface area contributed by atoms with E-state index < -0.39 is 11.6 Å². The molecule has 0 bridgehead atoms. The molecule has 0 atom stereocenters. The van der Waals surface area contributed by atoms with Crippen LogP contribution in [-0.2, 0) is 6.42 Å². The van der Waals surface area contributed by atoms with Gasteiger partial charge in [0.15, 0.2) is 0 Å². The fourth-order valence-corrected chi connectivity index (χ4v) is 2.15. The molecule has 0 saturated heterocycles. The van der Waals surface area contributed by atoms with Gasteiger partial charge in [-0.3, -0.25) is 4.79 Å². The van der Waals surface area contributed by atoms with Gasteiger partial charge in [0.05, 0.1) is 5.56 Å². The van der Waals surface area contributed by atoms with Crippen molar-refractivity contribution in [3.63, 3.8) is 0 Å². The number of nitrogens with one attached hydrogen (secondary N) is 2. The second-order valence-corrected chi connectivity index (χ2v) is 4.21. The molecule has 1 aliphatic rings. The van der Waals surface area contributed by atoms with E-state index in [0.29, 0.717) is 24.2 Å². The first kappa shape index (κ1) is 11.0. The van der Waals surface area contributed by atoms with Crippen molar-refractivity contribution >= 4 is 5.91 Å². The molecule has 0 fully saturated rings. The predicted molar refractivity (Wildman–Crippen MR) is 62.2 cm³/mol. The van der Waals surface area contributed by atoms with E-state index in [1.54, 1.807) is 6.07 Å². The van der Waals surface area contributed by atoms with Crippen molar-refractivity contribution < 1.29 is 13.6 Å². The predicted octanol–water partition coefficient (Wildman–Crippen LogP) is 2.25. The largest absolute Gasteiger partial charge is 0.358 e. The minimum Gasteiger partial charge on any atom is -0.358 e. The van der Waals surface area contributed by atoms with Crippen molar-refractivity contribution in [1.29, 1.82) is 0 Å². The fraction of sp³-hybridized carbons (Fsp3) is 0.154. The number of rotatable bonds is 1. The summed E-state index contributed by atoms with van der Waals surface area (Å²) in [4.78, 5) is 14.6. The lowest BCUT2D eigenvalue weighted by Gasteiger charge is -2.10. The molecule has 3 rings (SSSR count). The molecule has 5 heteroatoms. The summed E-state index contributed by atoms with van der Waals surface area (Å²) in [5.74, 6) is -1.43. The van der Waals surface area contributed by atoms with Gasteiger partial charge < -0.3 is 10.3 Å². The average molecular weight is 248 g/mol. The molecule has 0 radical (unpaired) electrons. The molecule has 2 heterocycles. The first-order chi connectivity index (χ1) is 8.65. The van der Waals surface area contributed by atoms with Gasteiger partial charge in [-0.05, 0) is 18.2 Å². The monoisotopic (exact) mass is 248 g/mol. The highest BCUT2D eigenvalue weighted by Gasteiger charge is 2.20. The summed E-state index contributed by atoms with van der Waals surface area (Å²) in [6, 6.07) is 4.98. The van der Waals surface area contributed by atoms with Gasteiger partial charge in [-0.25, -0.2) is 8.78 Å². The Morgan fingerprint density at radius 1 is 1.11 bits per heavy atom. The van der Waals surface area contributed by atoms with E-state index >= 15 is 0 Å². The lowest BCUT2D eigenvalue weighted by atomic mass is 10.1. The Morgan fingerprint density at radius 3 is 2.67 bits per heavy atom. The van der Waals surface area contributed by atoms with Crippen molar-refractivity contribution in [3.05, 3.63) is 47.2 Å². The minimum atomic E-state index is -0.644. The summed E-state index contributed by atoms with van der Waals surface area (Å²) < 4.78 is 26.5. The Bertz CT molecular complexity index is 634. The summed E-state index contributed by atoms with van der Waals surface area (Å²) >= 11 is 0. The van der Waals surface area contributed by atoms with Crippen molar-refractivity contribution in [3.8, 4) is 11.3 Å². The zero-order chi connectivity index (χ0) is 12.7. The van der Waals surface area contributed by atoms with Gasteiger partial charge in [0.25, 0.3) is 5.91 Å². The zero-order valence-electron chi connectivity index (χ0n) is 9.39. The van der Waals surface area contributed by atoms with Crippen LogP contribution in [0.1, 0.15) is 16.1 Å². The van der Waals surface area contributed by atoms with E-state index in [-0.39, 0.29) is 11.5 Å². The van der Waals surface area contributed by atoms with E-state index in [2.05, 4.69) is 10.3 Å². The number of amides is 1. The summed E-state index contributed by atoms with van der Waals surface area (Å²) in [7, 11) is 0. The Kier molecular flexibility index (Phi) is 2.40. The van der Waals surface area contributed by atoms with Crippen LogP contribution < -0.4 is 5.32 Å². The highest BCUT2D eigenvalue weighted by molar-refractivity contribution is 5.97. The SMILES string of the molecule is O=C1NCCc2[nH]c(-c3ccc(F)cc3F)cc21. The molecule has 0 saturated carbocycles. The molecule has 1 amide bonds. The molecule has 1 aromatic carbocycles. The molecule has 0 aliphatic carbocycles. The van der Waals surface area contributed by atoms with Crippen LogP contribution in [-0.4, -0.2) is 17.4 Å². The van der Waals surface area contributed by atoms with Gasteiger partial charge in [-0.1, -0.05) is 0 Å². The first-order valence-electron chi connectivity index (χ1n) is 5.60. The Morgan fingerprint density at radius 2 is 1.94 bits per heavy atom. The maximum Gasteiger partial charge on any atom is 0.253 e. The summed E-state index contributed by atoms with van der Waals surface area (Å²) in [6.45, 7) is 0.567. The highest BCUT2D eigenvalue weighted by atomic mass is 19.1. The Hall–Kier alpha value is -2.17. The van der Waals surface area contributed by atoms with Crippen molar-refractivity contribution in [2.24, 2.45) is 0 Å².